The van der Waals surface area contributed by atoms with Crippen molar-refractivity contribution in [2.24, 2.45) is 11.8 Å². The van der Waals surface area contributed by atoms with E-state index in [-0.39, 0.29) is 0 Å². The molecule has 0 aromatic rings. The molecule has 1 heteroatoms. The minimum Gasteiger partial charge on any atom is -0.198 e. The Morgan fingerprint density at radius 3 is 2.54 bits per heavy atom. The van der Waals surface area contributed by atoms with Crippen LogP contribution >= 0.6 is 0 Å². The van der Waals surface area contributed by atoms with E-state index in [2.05, 4.69) is 32.6 Å². The lowest BCUT2D eigenvalue weighted by Crippen LogP contribution is -2.04. The summed E-state index contributed by atoms with van der Waals surface area (Å²) in [5.74, 6) is 1.11. The van der Waals surface area contributed by atoms with E-state index in [0.29, 0.717) is 18.3 Å². The van der Waals surface area contributed by atoms with Crippen LogP contribution in [0.1, 0.15) is 33.6 Å². The van der Waals surface area contributed by atoms with Crippen LogP contribution < -0.4 is 0 Å². The van der Waals surface area contributed by atoms with Gasteiger partial charge in [-0.3, -0.25) is 0 Å². The maximum Gasteiger partial charge on any atom is 0.0621 e. The van der Waals surface area contributed by atoms with Gasteiger partial charge in [-0.25, -0.2) is 0 Å². The van der Waals surface area contributed by atoms with Crippen molar-refractivity contribution in [2.75, 3.05) is 0 Å². The van der Waals surface area contributed by atoms with Gasteiger partial charge in [-0.05, 0) is 25.2 Å². The standard InChI is InChI=1S/C12H19N/c1-10(2)7-8-12(11(3)4)6-5-9-13/h7-8,11-12H,1,5-6H2,2-4H3. The summed E-state index contributed by atoms with van der Waals surface area (Å²) < 4.78 is 0. The average molecular weight is 177 g/mol. The van der Waals surface area contributed by atoms with Gasteiger partial charge in [-0.1, -0.05) is 38.2 Å². The lowest BCUT2D eigenvalue weighted by atomic mass is 9.90. The van der Waals surface area contributed by atoms with Crippen molar-refractivity contribution in [1.82, 2.24) is 0 Å². The molecular weight excluding hydrogens is 158 g/mol. The second kappa shape index (κ2) is 6.48. The molecule has 0 rings (SSSR count). The van der Waals surface area contributed by atoms with Crippen molar-refractivity contribution in [2.45, 2.75) is 33.6 Å². The van der Waals surface area contributed by atoms with Gasteiger partial charge in [0.05, 0.1) is 6.07 Å². The largest absolute Gasteiger partial charge is 0.198 e. The molecule has 1 unspecified atom stereocenters. The topological polar surface area (TPSA) is 23.8 Å². The summed E-state index contributed by atoms with van der Waals surface area (Å²) in [6.07, 6.45) is 5.81. The van der Waals surface area contributed by atoms with Crippen molar-refractivity contribution < 1.29 is 0 Å². The van der Waals surface area contributed by atoms with Crippen molar-refractivity contribution in [1.29, 1.82) is 5.26 Å². The van der Waals surface area contributed by atoms with Gasteiger partial charge in [0.25, 0.3) is 0 Å². The zero-order valence-electron chi connectivity index (χ0n) is 8.88. The Kier molecular flexibility index (Phi) is 5.97. The number of allylic oxidation sites excluding steroid dienone is 3. The van der Waals surface area contributed by atoms with Crippen LogP contribution in [0.25, 0.3) is 0 Å². The molecule has 13 heavy (non-hydrogen) atoms. The molecule has 1 atom stereocenters. The zero-order chi connectivity index (χ0) is 10.3. The number of nitriles is 1. The summed E-state index contributed by atoms with van der Waals surface area (Å²) in [4.78, 5) is 0. The number of hydrogen-bond acceptors (Lipinski definition) is 1. The van der Waals surface area contributed by atoms with E-state index >= 15 is 0 Å². The van der Waals surface area contributed by atoms with E-state index in [1.54, 1.807) is 0 Å². The lowest BCUT2D eigenvalue weighted by molar-refractivity contribution is 0.441. The second-order valence-electron chi connectivity index (χ2n) is 3.81. The van der Waals surface area contributed by atoms with Gasteiger partial charge in [0.2, 0.25) is 0 Å². The minimum atomic E-state index is 0.511. The zero-order valence-corrected chi connectivity index (χ0v) is 8.88. The third kappa shape index (κ3) is 6.16. The number of hydrogen-bond donors (Lipinski definition) is 0. The molecule has 0 heterocycles. The van der Waals surface area contributed by atoms with Crippen molar-refractivity contribution in [3.63, 3.8) is 0 Å². The highest BCUT2D eigenvalue weighted by Gasteiger charge is 2.08. The van der Waals surface area contributed by atoms with Crippen LogP contribution in [0.2, 0.25) is 0 Å². The molecular formula is C12H19N. The highest BCUT2D eigenvalue weighted by atomic mass is 14.2. The third-order valence-corrected chi connectivity index (χ3v) is 2.07. The predicted octanol–water partition coefficient (Wildman–Crippen LogP) is 3.69. The average Bonchev–Trinajstić information content (AvgIpc) is 2.03. The first-order valence-electron chi connectivity index (χ1n) is 4.78. The van der Waals surface area contributed by atoms with Gasteiger partial charge < -0.3 is 0 Å². The molecule has 0 amide bonds. The van der Waals surface area contributed by atoms with Crippen LogP contribution in [-0.4, -0.2) is 0 Å². The molecule has 0 saturated carbocycles. The van der Waals surface area contributed by atoms with E-state index in [9.17, 15) is 0 Å². The molecule has 0 aromatic heterocycles. The highest BCUT2D eigenvalue weighted by Crippen LogP contribution is 2.18. The maximum atomic E-state index is 8.48. The Bertz CT molecular complexity index is 218. The van der Waals surface area contributed by atoms with Gasteiger partial charge in [0.15, 0.2) is 0 Å². The first-order valence-corrected chi connectivity index (χ1v) is 4.78. The fourth-order valence-electron chi connectivity index (χ4n) is 1.17. The summed E-state index contributed by atoms with van der Waals surface area (Å²) in [6.45, 7) is 10.2. The van der Waals surface area contributed by atoms with Crippen molar-refractivity contribution in [3.8, 4) is 6.07 Å². The monoisotopic (exact) mass is 177 g/mol. The molecule has 0 aromatic carbocycles. The van der Waals surface area contributed by atoms with Crippen LogP contribution in [0.5, 0.6) is 0 Å². The van der Waals surface area contributed by atoms with Crippen LogP contribution in [-0.2, 0) is 0 Å². The molecule has 0 fully saturated rings. The molecule has 0 aliphatic heterocycles. The smallest absolute Gasteiger partial charge is 0.0621 e. The third-order valence-electron chi connectivity index (χ3n) is 2.07. The Labute approximate surface area is 81.8 Å². The van der Waals surface area contributed by atoms with Crippen LogP contribution in [0.3, 0.4) is 0 Å². The van der Waals surface area contributed by atoms with Crippen LogP contribution in [0, 0.1) is 23.2 Å². The van der Waals surface area contributed by atoms with Gasteiger partial charge in [-0.2, -0.15) is 5.26 Å². The first kappa shape index (κ1) is 12.0. The Morgan fingerprint density at radius 1 is 1.54 bits per heavy atom. The van der Waals surface area contributed by atoms with Gasteiger partial charge in [-0.15, -0.1) is 0 Å². The van der Waals surface area contributed by atoms with E-state index in [1.165, 1.54) is 0 Å². The van der Waals surface area contributed by atoms with E-state index in [1.807, 2.05) is 13.0 Å². The fraction of sp³-hybridized carbons (Fsp3) is 0.583. The van der Waals surface area contributed by atoms with E-state index in [0.717, 1.165) is 12.0 Å². The van der Waals surface area contributed by atoms with Gasteiger partial charge >= 0.3 is 0 Å². The molecule has 0 N–H and O–H groups in total. The van der Waals surface area contributed by atoms with Crippen LogP contribution in [0.4, 0.5) is 0 Å². The number of rotatable bonds is 5. The SMILES string of the molecule is C=C(C)C=CC(CCC#N)C(C)C. The molecule has 0 bridgehead atoms. The van der Waals surface area contributed by atoms with Gasteiger partial charge in [0, 0.05) is 6.42 Å². The van der Waals surface area contributed by atoms with Crippen molar-refractivity contribution in [3.05, 3.63) is 24.3 Å². The summed E-state index contributed by atoms with van der Waals surface area (Å²) in [6, 6.07) is 2.18. The molecule has 0 spiro atoms. The van der Waals surface area contributed by atoms with Crippen molar-refractivity contribution >= 4 is 0 Å². The van der Waals surface area contributed by atoms with Gasteiger partial charge in [0.1, 0.15) is 0 Å². The molecule has 0 aliphatic rings. The quantitative estimate of drug-likeness (QED) is 0.587. The summed E-state index contributed by atoms with van der Waals surface area (Å²) in [5.41, 5.74) is 1.07. The normalized spacial score (nSPS) is 13.2. The summed E-state index contributed by atoms with van der Waals surface area (Å²) in [7, 11) is 0. The Morgan fingerprint density at radius 2 is 2.15 bits per heavy atom. The molecule has 72 valence electrons. The molecule has 0 aliphatic carbocycles. The highest BCUT2D eigenvalue weighted by molar-refractivity contribution is 5.12. The second-order valence-corrected chi connectivity index (χ2v) is 3.81. The van der Waals surface area contributed by atoms with E-state index < -0.39 is 0 Å². The van der Waals surface area contributed by atoms with E-state index in [4.69, 9.17) is 5.26 Å². The molecule has 0 radical (unpaired) electrons. The number of nitrogens with zero attached hydrogens (tertiary/aromatic N) is 1. The Balaban J connectivity index is 4.11. The minimum absolute atomic E-state index is 0.511. The summed E-state index contributed by atoms with van der Waals surface area (Å²) in [5, 5.41) is 8.48. The summed E-state index contributed by atoms with van der Waals surface area (Å²) >= 11 is 0. The predicted molar refractivity (Wildman–Crippen MR) is 57.1 cm³/mol. The molecule has 0 saturated heterocycles. The molecule has 1 nitrogen and oxygen atoms in total. The van der Waals surface area contributed by atoms with Crippen LogP contribution in [0.15, 0.2) is 24.3 Å². The Hall–Kier alpha value is -1.03. The first-order chi connectivity index (χ1) is 6.07. The maximum absolute atomic E-state index is 8.48. The fourth-order valence-corrected chi connectivity index (χ4v) is 1.17. The lowest BCUT2D eigenvalue weighted by Gasteiger charge is -2.14.